The van der Waals surface area contributed by atoms with E-state index in [2.05, 4.69) is 9.88 Å². The van der Waals surface area contributed by atoms with Crippen LogP contribution in [0.4, 0.5) is 10.6 Å². The number of pyridine rings is 1. The van der Waals surface area contributed by atoms with Gasteiger partial charge in [-0.1, -0.05) is 12.5 Å². The van der Waals surface area contributed by atoms with Crippen LogP contribution in [0.2, 0.25) is 0 Å². The number of amides is 1. The SMILES string of the molecule is CC(C)(C)OC(=O)N(CC1CCC1)[C@@H]1CCCN(c2ccc(C3(C(=O)O)COC3)cn2)C1. The Kier molecular flexibility index (Phi) is 6.34. The molecule has 32 heavy (non-hydrogen) atoms. The van der Waals surface area contributed by atoms with Crippen LogP contribution in [-0.2, 0) is 19.7 Å². The lowest BCUT2D eigenvalue weighted by atomic mass is 9.79. The zero-order valence-electron chi connectivity index (χ0n) is 19.4. The molecule has 0 radical (unpaired) electrons. The number of anilines is 1. The van der Waals surface area contributed by atoms with Crippen molar-refractivity contribution in [3.05, 3.63) is 23.9 Å². The largest absolute Gasteiger partial charge is 0.480 e. The van der Waals surface area contributed by atoms with Gasteiger partial charge in [0.05, 0.1) is 19.3 Å². The van der Waals surface area contributed by atoms with E-state index in [9.17, 15) is 14.7 Å². The lowest BCUT2D eigenvalue weighted by molar-refractivity contribution is -0.163. The third kappa shape index (κ3) is 4.70. The molecule has 1 aromatic heterocycles. The number of aliphatic carboxylic acids is 1. The second-order valence-corrected chi connectivity index (χ2v) is 10.5. The Morgan fingerprint density at radius 3 is 2.50 bits per heavy atom. The van der Waals surface area contributed by atoms with Crippen molar-refractivity contribution in [3.63, 3.8) is 0 Å². The van der Waals surface area contributed by atoms with E-state index < -0.39 is 17.0 Å². The molecule has 176 valence electrons. The van der Waals surface area contributed by atoms with Crippen molar-refractivity contribution in [2.24, 2.45) is 5.92 Å². The van der Waals surface area contributed by atoms with Crippen molar-refractivity contribution < 1.29 is 24.2 Å². The lowest BCUT2D eigenvalue weighted by Gasteiger charge is -2.42. The van der Waals surface area contributed by atoms with E-state index in [0.29, 0.717) is 18.0 Å². The summed E-state index contributed by atoms with van der Waals surface area (Å²) < 4.78 is 10.9. The van der Waals surface area contributed by atoms with Gasteiger partial charge in [0.1, 0.15) is 16.8 Å². The molecule has 1 amide bonds. The van der Waals surface area contributed by atoms with E-state index in [1.807, 2.05) is 37.8 Å². The van der Waals surface area contributed by atoms with Gasteiger partial charge in [0, 0.05) is 25.8 Å². The molecule has 2 aliphatic heterocycles. The number of rotatable bonds is 6. The topological polar surface area (TPSA) is 92.2 Å². The van der Waals surface area contributed by atoms with E-state index in [1.165, 1.54) is 19.3 Å². The summed E-state index contributed by atoms with van der Waals surface area (Å²) >= 11 is 0. The predicted molar refractivity (Wildman–Crippen MR) is 120 cm³/mol. The molecule has 0 spiro atoms. The number of carboxylic acid groups (broad SMARTS) is 1. The maximum atomic E-state index is 13.0. The first-order valence-electron chi connectivity index (χ1n) is 11.7. The van der Waals surface area contributed by atoms with E-state index >= 15 is 0 Å². The van der Waals surface area contributed by atoms with E-state index in [-0.39, 0.29) is 25.3 Å². The molecule has 3 aliphatic rings. The minimum absolute atomic E-state index is 0.0751. The van der Waals surface area contributed by atoms with Crippen molar-refractivity contribution in [1.29, 1.82) is 0 Å². The molecule has 8 nitrogen and oxygen atoms in total. The molecule has 2 saturated heterocycles. The zero-order chi connectivity index (χ0) is 22.9. The maximum absolute atomic E-state index is 13.0. The summed E-state index contributed by atoms with van der Waals surface area (Å²) in [6, 6.07) is 3.82. The first-order chi connectivity index (χ1) is 15.2. The van der Waals surface area contributed by atoms with Crippen LogP contribution in [0.5, 0.6) is 0 Å². The minimum atomic E-state index is -0.980. The molecule has 0 unspecified atom stereocenters. The number of ether oxygens (including phenoxy) is 2. The van der Waals surface area contributed by atoms with Gasteiger partial charge < -0.3 is 24.4 Å². The van der Waals surface area contributed by atoms with Crippen molar-refractivity contribution in [2.45, 2.75) is 69.9 Å². The lowest BCUT2D eigenvalue weighted by Crippen LogP contribution is -2.54. The summed E-state index contributed by atoms with van der Waals surface area (Å²) in [5, 5.41) is 9.61. The molecule has 3 heterocycles. The average Bonchev–Trinajstić information content (AvgIpc) is 2.65. The third-order valence-corrected chi connectivity index (χ3v) is 6.88. The summed E-state index contributed by atoms with van der Waals surface area (Å²) in [4.78, 5) is 33.5. The molecule has 8 heteroatoms. The summed E-state index contributed by atoms with van der Waals surface area (Å²) in [5.74, 6) is 0.500. The molecule has 4 rings (SSSR count). The first-order valence-corrected chi connectivity index (χ1v) is 11.7. The number of piperidine rings is 1. The third-order valence-electron chi connectivity index (χ3n) is 6.88. The Morgan fingerprint density at radius 1 is 1.25 bits per heavy atom. The summed E-state index contributed by atoms with van der Waals surface area (Å²) in [5.41, 5.74) is -0.827. The van der Waals surface area contributed by atoms with Crippen LogP contribution >= 0.6 is 0 Å². The van der Waals surface area contributed by atoms with Crippen molar-refractivity contribution in [2.75, 3.05) is 37.7 Å². The molecule has 1 aliphatic carbocycles. The fourth-order valence-corrected chi connectivity index (χ4v) is 4.64. The number of aromatic nitrogens is 1. The Balaban J connectivity index is 1.47. The molecule has 1 aromatic rings. The number of carbonyl (C=O) groups excluding carboxylic acids is 1. The Morgan fingerprint density at radius 2 is 2.00 bits per heavy atom. The molecule has 0 aromatic carbocycles. The van der Waals surface area contributed by atoms with Crippen LogP contribution in [-0.4, -0.2) is 71.5 Å². The Labute approximate surface area is 189 Å². The van der Waals surface area contributed by atoms with Crippen LogP contribution in [0.3, 0.4) is 0 Å². The molecule has 3 fully saturated rings. The van der Waals surface area contributed by atoms with Gasteiger partial charge >= 0.3 is 12.1 Å². The van der Waals surface area contributed by atoms with Gasteiger partial charge in [-0.05, 0) is 64.0 Å². The van der Waals surface area contributed by atoms with Gasteiger partial charge in [-0.15, -0.1) is 0 Å². The number of carboxylic acids is 1. The summed E-state index contributed by atoms with van der Waals surface area (Å²) in [6.07, 6.45) is 6.93. The second kappa shape index (κ2) is 8.89. The number of hydrogen-bond acceptors (Lipinski definition) is 6. The highest BCUT2D eigenvalue weighted by molar-refractivity contribution is 5.82. The first kappa shape index (κ1) is 22.8. The highest BCUT2D eigenvalue weighted by Crippen LogP contribution is 2.34. The van der Waals surface area contributed by atoms with Gasteiger partial charge in [0.25, 0.3) is 0 Å². The summed E-state index contributed by atoms with van der Waals surface area (Å²) in [6.45, 7) is 8.39. The van der Waals surface area contributed by atoms with Crippen LogP contribution < -0.4 is 4.90 Å². The standard InChI is InChI=1S/C24H35N3O5/c1-23(2,3)32-22(30)27(13-17-6-4-7-17)19-8-5-11-26(14-19)20-10-9-18(12-25-20)24(21(28)29)15-31-16-24/h9-10,12,17,19H,4-8,11,13-16H2,1-3H3,(H,28,29)/t19-/m1/s1. The van der Waals surface area contributed by atoms with Crippen LogP contribution in [0.1, 0.15) is 58.4 Å². The van der Waals surface area contributed by atoms with Gasteiger partial charge in [0.2, 0.25) is 0 Å². The maximum Gasteiger partial charge on any atom is 0.410 e. The van der Waals surface area contributed by atoms with Gasteiger partial charge in [-0.3, -0.25) is 4.79 Å². The van der Waals surface area contributed by atoms with Crippen LogP contribution in [0.15, 0.2) is 18.3 Å². The fourth-order valence-electron chi connectivity index (χ4n) is 4.64. The number of hydrogen-bond donors (Lipinski definition) is 1. The number of carbonyl (C=O) groups is 2. The predicted octanol–water partition coefficient (Wildman–Crippen LogP) is 3.44. The van der Waals surface area contributed by atoms with Gasteiger partial charge in [-0.25, -0.2) is 9.78 Å². The minimum Gasteiger partial charge on any atom is -0.480 e. The van der Waals surface area contributed by atoms with Gasteiger partial charge in [-0.2, -0.15) is 0 Å². The zero-order valence-corrected chi connectivity index (χ0v) is 19.4. The van der Waals surface area contributed by atoms with Crippen molar-refractivity contribution >= 4 is 17.9 Å². The quantitative estimate of drug-likeness (QED) is 0.717. The molecule has 0 bridgehead atoms. The van der Waals surface area contributed by atoms with E-state index in [1.54, 1.807) is 6.20 Å². The van der Waals surface area contributed by atoms with Crippen molar-refractivity contribution in [3.8, 4) is 0 Å². The summed E-state index contributed by atoms with van der Waals surface area (Å²) in [7, 11) is 0. The Bertz CT molecular complexity index is 827. The monoisotopic (exact) mass is 445 g/mol. The molecule has 1 saturated carbocycles. The van der Waals surface area contributed by atoms with Crippen LogP contribution in [0.25, 0.3) is 0 Å². The smallest absolute Gasteiger partial charge is 0.410 e. The normalized spacial score (nSPS) is 23.1. The fraction of sp³-hybridized carbons (Fsp3) is 0.708. The molecule has 1 atom stereocenters. The van der Waals surface area contributed by atoms with Gasteiger partial charge in [0.15, 0.2) is 0 Å². The van der Waals surface area contributed by atoms with Crippen LogP contribution in [0, 0.1) is 5.92 Å². The van der Waals surface area contributed by atoms with Crippen molar-refractivity contribution in [1.82, 2.24) is 9.88 Å². The molecular formula is C24H35N3O5. The van der Waals surface area contributed by atoms with E-state index in [0.717, 1.165) is 31.7 Å². The highest BCUT2D eigenvalue weighted by atomic mass is 16.6. The second-order valence-electron chi connectivity index (χ2n) is 10.5. The Hall–Kier alpha value is -2.35. The average molecular weight is 446 g/mol. The highest BCUT2D eigenvalue weighted by Gasteiger charge is 2.48. The molecule has 1 N–H and O–H groups in total. The number of nitrogens with zero attached hydrogens (tertiary/aromatic N) is 3. The molecular weight excluding hydrogens is 410 g/mol. The van der Waals surface area contributed by atoms with E-state index in [4.69, 9.17) is 9.47 Å².